The molecule has 1 aromatic rings. The lowest BCUT2D eigenvalue weighted by Gasteiger charge is -2.48. The Morgan fingerprint density at radius 3 is 2.67 bits per heavy atom. The Morgan fingerprint density at radius 2 is 2.14 bits per heavy atom. The number of nitrogens with one attached hydrogen (secondary N) is 1. The van der Waals surface area contributed by atoms with Crippen molar-refractivity contribution in [2.45, 2.75) is 38.1 Å². The highest BCUT2D eigenvalue weighted by Gasteiger charge is 2.51. The highest BCUT2D eigenvalue weighted by Crippen LogP contribution is 2.49. The summed E-state index contributed by atoms with van der Waals surface area (Å²) in [4.78, 5) is 18.5. The molecule has 0 saturated carbocycles. The number of benzene rings is 1. The lowest BCUT2D eigenvalue weighted by atomic mass is 9.92. The summed E-state index contributed by atoms with van der Waals surface area (Å²) < 4.78 is 22.2. The zero-order valence-electron chi connectivity index (χ0n) is 12.0. The van der Waals surface area contributed by atoms with Crippen LogP contribution in [0.2, 0.25) is 5.02 Å². The van der Waals surface area contributed by atoms with Crippen molar-refractivity contribution in [1.82, 2.24) is 5.32 Å². The topological polar surface area (TPSA) is 88.0 Å². The maximum atomic E-state index is 11.4. The molecule has 8 heteroatoms. The quantitative estimate of drug-likeness (QED) is 0.735. The zero-order valence-corrected chi connectivity index (χ0v) is 13.7. The number of morpholine rings is 1. The summed E-state index contributed by atoms with van der Waals surface area (Å²) in [6.45, 7) is 5.84. The molecular formula is C13H19ClNO5P. The van der Waals surface area contributed by atoms with Crippen molar-refractivity contribution in [2.75, 3.05) is 6.61 Å². The van der Waals surface area contributed by atoms with E-state index in [4.69, 9.17) is 20.9 Å². The SMILES string of the molecule is C[C@@H]1NC(C)(C)CO[C@@]1(OP(=O)(O)O)c1cccc(Cl)c1. The van der Waals surface area contributed by atoms with Gasteiger partial charge in [0.2, 0.25) is 5.79 Å². The Hall–Kier alpha value is -0.460. The molecule has 1 aliphatic rings. The highest BCUT2D eigenvalue weighted by molar-refractivity contribution is 7.46. The van der Waals surface area contributed by atoms with Crippen LogP contribution >= 0.6 is 19.4 Å². The lowest BCUT2D eigenvalue weighted by molar-refractivity contribution is -0.252. The molecule has 1 fully saturated rings. The Balaban J connectivity index is 2.48. The average molecular weight is 336 g/mol. The molecule has 0 aromatic heterocycles. The summed E-state index contributed by atoms with van der Waals surface area (Å²) in [7, 11) is -4.77. The van der Waals surface area contributed by atoms with Gasteiger partial charge in [-0.25, -0.2) is 9.09 Å². The third kappa shape index (κ3) is 3.85. The summed E-state index contributed by atoms with van der Waals surface area (Å²) in [5, 5.41) is 3.68. The van der Waals surface area contributed by atoms with Gasteiger partial charge in [-0.05, 0) is 32.9 Å². The second kappa shape index (κ2) is 5.63. The van der Waals surface area contributed by atoms with E-state index in [0.717, 1.165) is 0 Å². The number of rotatable bonds is 3. The summed E-state index contributed by atoms with van der Waals surface area (Å²) in [6, 6.07) is 6.10. The van der Waals surface area contributed by atoms with Gasteiger partial charge in [-0.3, -0.25) is 0 Å². The number of hydrogen-bond donors (Lipinski definition) is 3. The van der Waals surface area contributed by atoms with Crippen LogP contribution in [0.25, 0.3) is 0 Å². The van der Waals surface area contributed by atoms with E-state index in [1.807, 2.05) is 13.8 Å². The van der Waals surface area contributed by atoms with E-state index in [1.165, 1.54) is 0 Å². The van der Waals surface area contributed by atoms with Gasteiger partial charge in [0.25, 0.3) is 0 Å². The van der Waals surface area contributed by atoms with E-state index in [1.54, 1.807) is 31.2 Å². The maximum absolute atomic E-state index is 11.4. The van der Waals surface area contributed by atoms with Crippen LogP contribution in [0.4, 0.5) is 0 Å². The largest absolute Gasteiger partial charge is 0.472 e. The molecule has 0 radical (unpaired) electrons. The number of halogens is 1. The Morgan fingerprint density at radius 1 is 1.48 bits per heavy atom. The third-order valence-corrected chi connectivity index (χ3v) is 4.05. The molecule has 2 rings (SSSR count). The van der Waals surface area contributed by atoms with Crippen LogP contribution in [-0.4, -0.2) is 28.0 Å². The van der Waals surface area contributed by atoms with Gasteiger partial charge in [0, 0.05) is 16.1 Å². The van der Waals surface area contributed by atoms with E-state index < -0.39 is 19.7 Å². The molecule has 3 N–H and O–H groups in total. The fourth-order valence-corrected chi connectivity index (χ4v) is 3.37. The van der Waals surface area contributed by atoms with Crippen molar-refractivity contribution < 1.29 is 23.6 Å². The molecule has 2 atom stereocenters. The van der Waals surface area contributed by atoms with Crippen molar-refractivity contribution in [2.24, 2.45) is 0 Å². The molecule has 1 saturated heterocycles. The van der Waals surface area contributed by atoms with Gasteiger partial charge >= 0.3 is 7.82 Å². The van der Waals surface area contributed by atoms with E-state index >= 15 is 0 Å². The molecule has 0 amide bonds. The van der Waals surface area contributed by atoms with Crippen molar-refractivity contribution in [1.29, 1.82) is 0 Å². The number of phosphoric ester groups is 1. The highest BCUT2D eigenvalue weighted by atomic mass is 35.5. The Kier molecular flexibility index (Phi) is 4.53. The second-order valence-electron chi connectivity index (χ2n) is 5.80. The fraction of sp³-hybridized carbons (Fsp3) is 0.538. The number of ether oxygens (including phenoxy) is 1. The van der Waals surface area contributed by atoms with Gasteiger partial charge < -0.3 is 19.8 Å². The molecule has 1 aliphatic heterocycles. The van der Waals surface area contributed by atoms with E-state index in [0.29, 0.717) is 10.6 Å². The van der Waals surface area contributed by atoms with Gasteiger partial charge in [-0.2, -0.15) is 0 Å². The summed E-state index contributed by atoms with van der Waals surface area (Å²) >= 11 is 5.98. The minimum atomic E-state index is -4.77. The number of phosphoric acid groups is 1. The first kappa shape index (κ1) is 16.9. The summed E-state index contributed by atoms with van der Waals surface area (Å²) in [6.07, 6.45) is 0. The Bertz CT molecular complexity index is 575. The first-order chi connectivity index (χ1) is 9.54. The monoisotopic (exact) mass is 335 g/mol. The van der Waals surface area contributed by atoms with Crippen LogP contribution in [0.5, 0.6) is 0 Å². The van der Waals surface area contributed by atoms with Crippen molar-refractivity contribution >= 4 is 19.4 Å². The predicted octanol–water partition coefficient (Wildman–Crippen LogP) is 2.39. The summed E-state index contributed by atoms with van der Waals surface area (Å²) in [5.74, 6) is -1.60. The predicted molar refractivity (Wildman–Crippen MR) is 78.9 cm³/mol. The molecule has 1 aromatic carbocycles. The Labute approximate surface area is 128 Å². The van der Waals surface area contributed by atoms with Crippen LogP contribution in [0.3, 0.4) is 0 Å². The molecule has 0 spiro atoms. The normalized spacial score (nSPS) is 29.3. The van der Waals surface area contributed by atoms with Gasteiger partial charge in [-0.15, -0.1) is 0 Å². The summed E-state index contributed by atoms with van der Waals surface area (Å²) in [5.41, 5.74) is 0.119. The first-order valence-electron chi connectivity index (χ1n) is 6.48. The van der Waals surface area contributed by atoms with Crippen molar-refractivity contribution in [3.05, 3.63) is 34.9 Å². The first-order valence-corrected chi connectivity index (χ1v) is 8.39. The molecule has 21 heavy (non-hydrogen) atoms. The molecular weight excluding hydrogens is 317 g/mol. The van der Waals surface area contributed by atoms with E-state index in [2.05, 4.69) is 5.32 Å². The van der Waals surface area contributed by atoms with Gasteiger partial charge in [-0.1, -0.05) is 23.7 Å². The van der Waals surface area contributed by atoms with Crippen LogP contribution < -0.4 is 5.32 Å². The minimum Gasteiger partial charge on any atom is -0.342 e. The van der Waals surface area contributed by atoms with E-state index in [9.17, 15) is 14.4 Å². The molecule has 6 nitrogen and oxygen atoms in total. The minimum absolute atomic E-state index is 0.226. The maximum Gasteiger partial charge on any atom is 0.472 e. The average Bonchev–Trinajstić information content (AvgIpc) is 2.31. The van der Waals surface area contributed by atoms with Crippen LogP contribution in [0, 0.1) is 0 Å². The molecule has 118 valence electrons. The fourth-order valence-electron chi connectivity index (χ4n) is 2.51. The molecule has 1 heterocycles. The standard InChI is InChI=1S/C13H19ClNO5P/c1-9-13(20-21(16,17)18,19-8-12(2,3)15-9)10-5-4-6-11(14)7-10/h4-7,9,15H,8H2,1-3H3,(H2,16,17,18)/t9-,13-/m0/s1. The van der Waals surface area contributed by atoms with Crippen LogP contribution in [-0.2, 0) is 19.6 Å². The zero-order chi connectivity index (χ0) is 15.9. The lowest BCUT2D eigenvalue weighted by Crippen LogP contribution is -2.63. The van der Waals surface area contributed by atoms with Crippen LogP contribution in [0.15, 0.2) is 24.3 Å². The molecule has 0 bridgehead atoms. The molecule has 0 aliphatic carbocycles. The van der Waals surface area contributed by atoms with Crippen LogP contribution in [0.1, 0.15) is 26.3 Å². The van der Waals surface area contributed by atoms with Gasteiger partial charge in [0.05, 0.1) is 12.6 Å². The number of hydrogen-bond acceptors (Lipinski definition) is 4. The van der Waals surface area contributed by atoms with Gasteiger partial charge in [0.15, 0.2) is 0 Å². The van der Waals surface area contributed by atoms with Crippen molar-refractivity contribution in [3.8, 4) is 0 Å². The van der Waals surface area contributed by atoms with E-state index in [-0.39, 0.29) is 12.1 Å². The second-order valence-corrected chi connectivity index (χ2v) is 7.40. The smallest absolute Gasteiger partial charge is 0.342 e. The molecule has 0 unspecified atom stereocenters. The van der Waals surface area contributed by atoms with Gasteiger partial charge in [0.1, 0.15) is 0 Å². The third-order valence-electron chi connectivity index (χ3n) is 3.31. The van der Waals surface area contributed by atoms with Crippen molar-refractivity contribution in [3.63, 3.8) is 0 Å².